The summed E-state index contributed by atoms with van der Waals surface area (Å²) in [6.07, 6.45) is 12.0. The normalized spacial score (nSPS) is 13.3. The number of ether oxygens (including phenoxy) is 4. The van der Waals surface area contributed by atoms with E-state index in [-0.39, 0.29) is 36.7 Å². The van der Waals surface area contributed by atoms with E-state index in [1.165, 1.54) is 6.42 Å². The summed E-state index contributed by atoms with van der Waals surface area (Å²) in [5.74, 6) is -1.20. The van der Waals surface area contributed by atoms with Crippen LogP contribution in [0.3, 0.4) is 0 Å². The van der Waals surface area contributed by atoms with Gasteiger partial charge in [0.2, 0.25) is 5.91 Å². The highest BCUT2D eigenvalue weighted by atomic mass is 16.7. The Hall–Kier alpha value is -8.97. The van der Waals surface area contributed by atoms with Crippen LogP contribution in [-0.4, -0.2) is 142 Å². The minimum absolute atomic E-state index is 0.0214. The lowest BCUT2D eigenvalue weighted by molar-refractivity contribution is -0.187. The Labute approximate surface area is 479 Å². The number of aromatic nitrogens is 10. The maximum Gasteiger partial charge on any atom is 0.335 e. The number of amides is 4. The molecule has 1 aliphatic heterocycles. The third-order valence-electron chi connectivity index (χ3n) is 13.7. The molecule has 4 amide bonds. The number of allylic oxidation sites excluding steroid dienone is 1. The molecule has 10 rings (SSSR count). The van der Waals surface area contributed by atoms with E-state index >= 15 is 0 Å². The molecular formula is C59H68N14O10. The van der Waals surface area contributed by atoms with Gasteiger partial charge in [-0.15, -0.1) is 15.3 Å². The van der Waals surface area contributed by atoms with Gasteiger partial charge < -0.3 is 48.5 Å². The second-order valence-corrected chi connectivity index (χ2v) is 20.1. The van der Waals surface area contributed by atoms with Gasteiger partial charge in [-0.1, -0.05) is 41.3 Å². The van der Waals surface area contributed by atoms with Crippen molar-refractivity contribution in [3.8, 4) is 22.5 Å². The number of nitrogens with one attached hydrogen (secondary N) is 3. The van der Waals surface area contributed by atoms with Gasteiger partial charge in [0.15, 0.2) is 0 Å². The number of carbonyl (C=O) groups excluding carboxylic acids is 5. The molecule has 24 heteroatoms. The van der Waals surface area contributed by atoms with Gasteiger partial charge in [-0.25, -0.2) is 24.1 Å². The highest BCUT2D eigenvalue weighted by molar-refractivity contribution is 6.09. The Bertz CT molecular complexity index is 3550. The molecule has 24 nitrogen and oxygen atoms in total. The molecule has 8 aromatic rings. The third kappa shape index (κ3) is 15.9. The Morgan fingerprint density at radius 3 is 1.52 bits per heavy atom. The van der Waals surface area contributed by atoms with Gasteiger partial charge in [-0.3, -0.25) is 19.2 Å². The van der Waals surface area contributed by atoms with Crippen LogP contribution in [0.1, 0.15) is 88.4 Å². The van der Waals surface area contributed by atoms with Crippen LogP contribution in [0, 0.1) is 27.7 Å². The van der Waals surface area contributed by atoms with Crippen LogP contribution in [0.25, 0.3) is 33.8 Å². The smallest absolute Gasteiger partial charge is 0.335 e. The largest absolute Gasteiger partial charge is 0.379 e. The number of anilines is 2. The average Bonchev–Trinajstić information content (AvgIpc) is 4.53. The van der Waals surface area contributed by atoms with Gasteiger partial charge in [0.25, 0.3) is 17.7 Å². The minimum atomic E-state index is -0.549. The van der Waals surface area contributed by atoms with E-state index in [1.54, 1.807) is 21.5 Å². The molecule has 0 atom stereocenters. The number of hydroxylamine groups is 2. The maximum absolute atomic E-state index is 12.9. The van der Waals surface area contributed by atoms with Crippen molar-refractivity contribution < 1.29 is 47.8 Å². The van der Waals surface area contributed by atoms with Crippen LogP contribution < -0.4 is 16.0 Å². The molecule has 0 radical (unpaired) electrons. The van der Waals surface area contributed by atoms with Crippen molar-refractivity contribution in [2.24, 2.45) is 0 Å². The predicted molar refractivity (Wildman–Crippen MR) is 306 cm³/mol. The zero-order chi connectivity index (χ0) is 58.2. The van der Waals surface area contributed by atoms with Crippen molar-refractivity contribution in [3.05, 3.63) is 144 Å². The molecule has 434 valence electrons. The fourth-order valence-electron chi connectivity index (χ4n) is 9.09. The summed E-state index contributed by atoms with van der Waals surface area (Å²) in [5, 5.41) is 26.6. The molecule has 6 aromatic heterocycles. The van der Waals surface area contributed by atoms with Crippen LogP contribution in [-0.2, 0) is 51.3 Å². The number of benzene rings is 2. The number of nitrogens with zero attached hydrogens (tertiary/aromatic N) is 11. The first-order valence-electron chi connectivity index (χ1n) is 27.6. The Balaban J connectivity index is 0.000000200. The van der Waals surface area contributed by atoms with Crippen molar-refractivity contribution >= 4 is 52.3 Å². The summed E-state index contributed by atoms with van der Waals surface area (Å²) < 4.78 is 29.3. The highest BCUT2D eigenvalue weighted by Gasteiger charge is 2.28. The van der Waals surface area contributed by atoms with E-state index in [0.29, 0.717) is 130 Å². The molecule has 2 aliphatic rings. The first-order chi connectivity index (χ1) is 40.2. The summed E-state index contributed by atoms with van der Waals surface area (Å²) >= 11 is 0. The number of hydrogen-bond acceptors (Lipinski definition) is 16. The summed E-state index contributed by atoms with van der Waals surface area (Å²) in [4.78, 5) is 75.1. The van der Waals surface area contributed by atoms with Gasteiger partial charge in [-0.05, 0) is 102 Å². The van der Waals surface area contributed by atoms with Gasteiger partial charge in [0.1, 0.15) is 22.7 Å². The molecule has 0 bridgehead atoms. The van der Waals surface area contributed by atoms with Crippen molar-refractivity contribution in [1.29, 1.82) is 0 Å². The van der Waals surface area contributed by atoms with Gasteiger partial charge >= 0.3 is 5.97 Å². The summed E-state index contributed by atoms with van der Waals surface area (Å²) in [6.45, 7) is 15.5. The fraction of sp³-hybridized carbons (Fsp3) is 0.373. The van der Waals surface area contributed by atoms with E-state index in [2.05, 4.69) is 53.1 Å². The number of fused-ring (bicyclic) bond motifs is 2. The second-order valence-electron chi connectivity index (χ2n) is 20.1. The SMILES string of the molecule is C=C1CCC(=O)N1OC(=O)CCOCCOCCn1cc(-c2ccc(NC(=O)c3ccn4c(C)cc(C)nc34)cc2)nn1.Cc1cc(C)n2ccc(C(=O)Nc3ccc(-c4cn(CCOCCOCCC(=O)NC5CCC5)nn4)cc3)c2n1. The average molecular weight is 1130 g/mol. The number of hydrogen-bond donors (Lipinski definition) is 3. The Morgan fingerprint density at radius 2 is 1.07 bits per heavy atom. The van der Waals surface area contributed by atoms with Gasteiger partial charge in [0.05, 0.1) is 102 Å². The van der Waals surface area contributed by atoms with Crippen LogP contribution in [0.15, 0.2) is 110 Å². The molecule has 1 saturated heterocycles. The molecule has 2 aromatic carbocycles. The van der Waals surface area contributed by atoms with Gasteiger partial charge in [0, 0.05) is 76.6 Å². The highest BCUT2D eigenvalue weighted by Crippen LogP contribution is 2.25. The van der Waals surface area contributed by atoms with Crippen molar-refractivity contribution in [1.82, 2.24) is 59.1 Å². The molecular weight excluding hydrogens is 1060 g/mol. The van der Waals surface area contributed by atoms with E-state index in [1.807, 2.05) is 122 Å². The lowest BCUT2D eigenvalue weighted by Crippen LogP contribution is -2.39. The first kappa shape index (κ1) is 58.7. The predicted octanol–water partition coefficient (Wildman–Crippen LogP) is 7.03. The van der Waals surface area contributed by atoms with E-state index in [9.17, 15) is 24.0 Å². The zero-order valence-corrected chi connectivity index (χ0v) is 47.0. The molecule has 3 N–H and O–H groups in total. The summed E-state index contributed by atoms with van der Waals surface area (Å²) in [7, 11) is 0. The third-order valence-corrected chi connectivity index (χ3v) is 13.7. The van der Waals surface area contributed by atoms with Gasteiger partial charge in [-0.2, -0.15) is 0 Å². The van der Waals surface area contributed by atoms with Crippen molar-refractivity contribution in [2.75, 3.05) is 63.5 Å². The molecule has 0 unspecified atom stereocenters. The van der Waals surface area contributed by atoms with Crippen LogP contribution >= 0.6 is 0 Å². The molecule has 7 heterocycles. The number of rotatable bonds is 26. The Kier molecular flexibility index (Phi) is 19.9. The number of aryl methyl sites for hydroxylation is 4. The molecule has 1 aliphatic carbocycles. The summed E-state index contributed by atoms with van der Waals surface area (Å²) in [5.41, 5.74) is 11.1. The monoisotopic (exact) mass is 1130 g/mol. The van der Waals surface area contributed by atoms with E-state index in [0.717, 1.165) is 57.5 Å². The van der Waals surface area contributed by atoms with Crippen LogP contribution in [0.4, 0.5) is 11.4 Å². The topological polar surface area (TPSA) is 267 Å². The Morgan fingerprint density at radius 1 is 0.602 bits per heavy atom. The van der Waals surface area contributed by atoms with Crippen molar-refractivity contribution in [3.63, 3.8) is 0 Å². The zero-order valence-electron chi connectivity index (χ0n) is 47.0. The maximum atomic E-state index is 12.9. The molecule has 83 heavy (non-hydrogen) atoms. The minimum Gasteiger partial charge on any atom is -0.379 e. The van der Waals surface area contributed by atoms with E-state index in [4.69, 9.17) is 23.8 Å². The summed E-state index contributed by atoms with van der Waals surface area (Å²) in [6, 6.07) is 22.7. The molecule has 0 spiro atoms. The molecule has 2 fully saturated rings. The quantitative estimate of drug-likeness (QED) is 0.0459. The lowest BCUT2D eigenvalue weighted by atomic mass is 9.93. The van der Waals surface area contributed by atoms with E-state index < -0.39 is 5.97 Å². The molecule has 1 saturated carbocycles. The second kappa shape index (κ2) is 28.1. The number of carbonyl (C=O) groups is 5. The first-order valence-corrected chi connectivity index (χ1v) is 27.6. The van der Waals surface area contributed by atoms with Crippen LogP contribution in [0.2, 0.25) is 0 Å². The standard InChI is InChI=1S/C30H33N7O6.C29H35N7O4/c1-20-18-22(3)36-12-10-25(29(36)31-20)30(40)32-24-7-5-23(6-8-24)26-19-35(34-33-26)13-15-42-17-16-41-14-11-28(39)43-37-21(2)4-9-27(37)38;1-20-18-21(2)36-12-10-25(28(36)30-20)29(38)32-24-8-6-22(7-9-24)26-19-35(34-33-26)13-15-40-17-16-39-14-11-27(37)31-23-4-3-5-23/h5-8,10,12,18-19H,2,4,9,11,13-17H2,1,3H3,(H,32,40);6-10,12,18-19,23H,3-5,11,13-17H2,1-2H3,(H,31,37)(H,32,38). The lowest BCUT2D eigenvalue weighted by Gasteiger charge is -2.26. The van der Waals surface area contributed by atoms with Crippen molar-refractivity contribution in [2.45, 2.75) is 91.8 Å². The van der Waals surface area contributed by atoms with Crippen LogP contribution in [0.5, 0.6) is 0 Å². The fourth-order valence-corrected chi connectivity index (χ4v) is 9.09.